The van der Waals surface area contributed by atoms with Crippen molar-refractivity contribution in [3.05, 3.63) is 34.9 Å². The van der Waals surface area contributed by atoms with E-state index in [0.29, 0.717) is 18.8 Å². The van der Waals surface area contributed by atoms with Crippen LogP contribution in [-0.4, -0.2) is 23.5 Å². The lowest BCUT2D eigenvalue weighted by Gasteiger charge is -2.05. The molecule has 17 heavy (non-hydrogen) atoms. The van der Waals surface area contributed by atoms with E-state index in [1.165, 1.54) is 0 Å². The molecule has 5 heteroatoms. The highest BCUT2D eigenvalue weighted by molar-refractivity contribution is 5.94. The fraction of sp³-hybridized carbons (Fsp3) is 0.333. The number of carboxylic acids is 1. The molecule has 0 unspecified atom stereocenters. The topological polar surface area (TPSA) is 75.6 Å². The van der Waals surface area contributed by atoms with Crippen LogP contribution in [0.25, 0.3) is 0 Å². The Morgan fingerprint density at radius 3 is 2.82 bits per heavy atom. The predicted octanol–water partition coefficient (Wildman–Crippen LogP) is 0.921. The van der Waals surface area contributed by atoms with Crippen LogP contribution in [0.15, 0.2) is 18.2 Å². The Morgan fingerprint density at radius 1 is 1.29 bits per heavy atom. The van der Waals surface area contributed by atoms with Crippen LogP contribution in [0, 0.1) is 0 Å². The van der Waals surface area contributed by atoms with Crippen molar-refractivity contribution in [2.45, 2.75) is 19.6 Å². The number of ether oxygens (including phenoxy) is 1. The molecule has 2 N–H and O–H groups in total. The molecule has 1 aliphatic rings. The molecular formula is C12H13NO4. The summed E-state index contributed by atoms with van der Waals surface area (Å²) in [5, 5.41) is 11.0. The summed E-state index contributed by atoms with van der Waals surface area (Å²) in [4.78, 5) is 22.0. The molecule has 0 bridgehead atoms. The normalized spacial score (nSPS) is 13.2. The molecule has 1 aromatic carbocycles. The van der Waals surface area contributed by atoms with Crippen molar-refractivity contribution in [1.82, 2.24) is 5.32 Å². The van der Waals surface area contributed by atoms with Crippen molar-refractivity contribution >= 4 is 11.9 Å². The van der Waals surface area contributed by atoms with Crippen molar-refractivity contribution in [2.75, 3.05) is 6.54 Å². The third kappa shape index (κ3) is 2.82. The molecule has 0 radical (unpaired) electrons. The molecule has 1 heterocycles. The van der Waals surface area contributed by atoms with Crippen LogP contribution in [0.4, 0.5) is 0 Å². The van der Waals surface area contributed by atoms with E-state index in [-0.39, 0.29) is 18.9 Å². The average Bonchev–Trinajstić information content (AvgIpc) is 2.75. The van der Waals surface area contributed by atoms with E-state index >= 15 is 0 Å². The maximum absolute atomic E-state index is 11.7. The van der Waals surface area contributed by atoms with Crippen LogP contribution in [0.5, 0.6) is 0 Å². The van der Waals surface area contributed by atoms with Crippen molar-refractivity contribution in [2.24, 2.45) is 0 Å². The minimum Gasteiger partial charge on any atom is -0.481 e. The Balaban J connectivity index is 1.97. The lowest BCUT2D eigenvalue weighted by atomic mass is 10.1. The number of fused-ring (bicyclic) bond motifs is 1. The number of nitrogens with one attached hydrogen (secondary N) is 1. The van der Waals surface area contributed by atoms with Gasteiger partial charge in [0.05, 0.1) is 19.6 Å². The maximum Gasteiger partial charge on any atom is 0.305 e. The molecule has 1 aromatic rings. The van der Waals surface area contributed by atoms with Gasteiger partial charge in [0.15, 0.2) is 0 Å². The van der Waals surface area contributed by atoms with Gasteiger partial charge < -0.3 is 15.2 Å². The van der Waals surface area contributed by atoms with E-state index in [1.54, 1.807) is 12.1 Å². The van der Waals surface area contributed by atoms with Gasteiger partial charge in [-0.15, -0.1) is 0 Å². The third-order valence-corrected chi connectivity index (χ3v) is 2.61. The van der Waals surface area contributed by atoms with Gasteiger partial charge in [0, 0.05) is 12.1 Å². The largest absolute Gasteiger partial charge is 0.481 e. The van der Waals surface area contributed by atoms with Gasteiger partial charge >= 0.3 is 5.97 Å². The highest BCUT2D eigenvalue weighted by atomic mass is 16.5. The first-order valence-corrected chi connectivity index (χ1v) is 5.36. The quantitative estimate of drug-likeness (QED) is 0.813. The maximum atomic E-state index is 11.7. The Labute approximate surface area is 98.4 Å². The molecule has 0 saturated heterocycles. The van der Waals surface area contributed by atoms with Gasteiger partial charge in [-0.25, -0.2) is 0 Å². The van der Waals surface area contributed by atoms with E-state index in [1.807, 2.05) is 6.07 Å². The first-order chi connectivity index (χ1) is 8.16. The van der Waals surface area contributed by atoms with Crippen LogP contribution < -0.4 is 5.32 Å². The summed E-state index contributed by atoms with van der Waals surface area (Å²) in [6.45, 7) is 1.27. The third-order valence-electron chi connectivity index (χ3n) is 2.61. The Morgan fingerprint density at radius 2 is 2.06 bits per heavy atom. The van der Waals surface area contributed by atoms with Crippen LogP contribution in [0.2, 0.25) is 0 Å². The number of rotatable bonds is 4. The fourth-order valence-electron chi connectivity index (χ4n) is 1.70. The Hall–Kier alpha value is -1.88. The van der Waals surface area contributed by atoms with Gasteiger partial charge in [-0.05, 0) is 23.3 Å². The molecule has 0 saturated carbocycles. The number of hydrogen-bond donors (Lipinski definition) is 2. The van der Waals surface area contributed by atoms with Gasteiger partial charge in [-0.2, -0.15) is 0 Å². The summed E-state index contributed by atoms with van der Waals surface area (Å²) in [7, 11) is 0. The molecule has 0 aliphatic carbocycles. The molecule has 1 aliphatic heterocycles. The van der Waals surface area contributed by atoms with Gasteiger partial charge in [-0.1, -0.05) is 6.07 Å². The molecule has 5 nitrogen and oxygen atoms in total. The summed E-state index contributed by atoms with van der Waals surface area (Å²) in [6.07, 6.45) is -0.0697. The zero-order valence-electron chi connectivity index (χ0n) is 9.23. The van der Waals surface area contributed by atoms with Gasteiger partial charge in [0.1, 0.15) is 0 Å². The predicted molar refractivity (Wildman–Crippen MR) is 59.5 cm³/mol. The minimum absolute atomic E-state index is 0.0697. The second-order valence-electron chi connectivity index (χ2n) is 3.88. The van der Waals surface area contributed by atoms with Crippen LogP contribution >= 0.6 is 0 Å². The van der Waals surface area contributed by atoms with Crippen LogP contribution in [-0.2, 0) is 22.7 Å². The van der Waals surface area contributed by atoms with E-state index in [2.05, 4.69) is 5.32 Å². The Kier molecular flexibility index (Phi) is 3.39. The van der Waals surface area contributed by atoms with Gasteiger partial charge in [0.25, 0.3) is 5.91 Å². The fourth-order valence-corrected chi connectivity index (χ4v) is 1.70. The number of hydrogen-bond acceptors (Lipinski definition) is 3. The van der Waals surface area contributed by atoms with Gasteiger partial charge in [0.2, 0.25) is 0 Å². The van der Waals surface area contributed by atoms with E-state index in [4.69, 9.17) is 9.84 Å². The summed E-state index contributed by atoms with van der Waals surface area (Å²) >= 11 is 0. The summed E-state index contributed by atoms with van der Waals surface area (Å²) in [6, 6.07) is 5.39. The SMILES string of the molecule is O=C(O)CCNC(=O)c1ccc2c(c1)COC2. The monoisotopic (exact) mass is 235 g/mol. The smallest absolute Gasteiger partial charge is 0.305 e. The minimum atomic E-state index is -0.923. The summed E-state index contributed by atoms with van der Waals surface area (Å²) in [5.74, 6) is -1.17. The zero-order valence-corrected chi connectivity index (χ0v) is 9.23. The lowest BCUT2D eigenvalue weighted by molar-refractivity contribution is -0.136. The van der Waals surface area contributed by atoms with Crippen molar-refractivity contribution < 1.29 is 19.4 Å². The summed E-state index contributed by atoms with van der Waals surface area (Å²) < 4.78 is 5.25. The first-order valence-electron chi connectivity index (χ1n) is 5.36. The average molecular weight is 235 g/mol. The lowest BCUT2D eigenvalue weighted by Crippen LogP contribution is -2.26. The molecule has 0 spiro atoms. The number of carboxylic acid groups (broad SMARTS) is 1. The standard InChI is InChI=1S/C12H13NO4/c14-11(15)3-4-13-12(16)8-1-2-9-6-17-7-10(9)5-8/h1-2,5H,3-4,6-7H2,(H,13,16)(H,14,15). The number of carbonyl (C=O) groups is 2. The van der Waals surface area contributed by atoms with Crippen molar-refractivity contribution in [3.8, 4) is 0 Å². The molecule has 0 atom stereocenters. The van der Waals surface area contributed by atoms with Crippen molar-refractivity contribution in [1.29, 1.82) is 0 Å². The number of aliphatic carboxylic acids is 1. The summed E-state index contributed by atoms with van der Waals surface area (Å²) in [5.41, 5.74) is 2.67. The second-order valence-corrected chi connectivity index (χ2v) is 3.88. The molecule has 1 amide bonds. The zero-order chi connectivity index (χ0) is 12.3. The van der Waals surface area contributed by atoms with Crippen LogP contribution in [0.3, 0.4) is 0 Å². The van der Waals surface area contributed by atoms with Crippen molar-refractivity contribution in [3.63, 3.8) is 0 Å². The van der Waals surface area contributed by atoms with Gasteiger partial charge in [-0.3, -0.25) is 9.59 Å². The Bertz CT molecular complexity index is 456. The first kappa shape index (κ1) is 11.6. The molecule has 2 rings (SSSR count). The van der Waals surface area contributed by atoms with Crippen LogP contribution in [0.1, 0.15) is 27.9 Å². The highest BCUT2D eigenvalue weighted by Crippen LogP contribution is 2.20. The second kappa shape index (κ2) is 4.97. The molecule has 0 aromatic heterocycles. The molecule has 0 fully saturated rings. The van der Waals surface area contributed by atoms with E-state index in [9.17, 15) is 9.59 Å². The number of amides is 1. The highest BCUT2D eigenvalue weighted by Gasteiger charge is 2.14. The molecule has 90 valence electrons. The van der Waals surface area contributed by atoms with E-state index in [0.717, 1.165) is 11.1 Å². The number of carbonyl (C=O) groups excluding carboxylic acids is 1. The van der Waals surface area contributed by atoms with E-state index < -0.39 is 5.97 Å². The number of benzene rings is 1. The molecular weight excluding hydrogens is 222 g/mol.